The summed E-state index contributed by atoms with van der Waals surface area (Å²) in [7, 11) is 3.20. The van der Waals surface area contributed by atoms with Gasteiger partial charge in [-0.15, -0.1) is 0 Å². The molecule has 0 saturated carbocycles. The van der Waals surface area contributed by atoms with E-state index in [1.807, 2.05) is 12.1 Å². The van der Waals surface area contributed by atoms with E-state index in [1.54, 1.807) is 38.5 Å². The number of halogens is 2. The van der Waals surface area contributed by atoms with Gasteiger partial charge in [0.25, 0.3) is 0 Å². The molecule has 0 aromatic heterocycles. The number of phenolic OH excluding ortho intramolecular Hbond substituents is 2. The van der Waals surface area contributed by atoms with Crippen molar-refractivity contribution in [2.45, 2.75) is 18.3 Å². The van der Waals surface area contributed by atoms with Crippen molar-refractivity contribution >= 4 is 31.9 Å². The van der Waals surface area contributed by atoms with E-state index in [2.05, 4.69) is 68.3 Å². The summed E-state index contributed by atoms with van der Waals surface area (Å²) >= 11 is 7.37. The maximum atomic E-state index is 10.4. The fraction of sp³-hybridized carbons (Fsp3) is 0.172. The smallest absolute Gasteiger partial charge is 0.122 e. The van der Waals surface area contributed by atoms with Gasteiger partial charge >= 0.3 is 0 Å². The first-order valence-electron chi connectivity index (χ1n) is 11.2. The predicted molar refractivity (Wildman–Crippen MR) is 145 cm³/mol. The minimum absolute atomic E-state index is 0.162. The average molecular weight is 596 g/mol. The average Bonchev–Trinajstić information content (AvgIpc) is 3.06. The molecule has 0 fully saturated rings. The van der Waals surface area contributed by atoms with Gasteiger partial charge in [0, 0.05) is 26.5 Å². The van der Waals surface area contributed by atoms with Crippen LogP contribution in [-0.2, 0) is 18.3 Å². The van der Waals surface area contributed by atoms with Crippen LogP contribution in [0.25, 0.3) is 11.1 Å². The van der Waals surface area contributed by atoms with Crippen molar-refractivity contribution < 1.29 is 19.7 Å². The van der Waals surface area contributed by atoms with Crippen LogP contribution < -0.4 is 9.47 Å². The van der Waals surface area contributed by atoms with E-state index in [9.17, 15) is 10.2 Å². The van der Waals surface area contributed by atoms with Crippen molar-refractivity contribution in [3.8, 4) is 34.1 Å². The van der Waals surface area contributed by atoms with E-state index >= 15 is 0 Å². The molecule has 35 heavy (non-hydrogen) atoms. The number of aromatic hydroxyl groups is 2. The van der Waals surface area contributed by atoms with Crippen LogP contribution in [0.2, 0.25) is 0 Å². The van der Waals surface area contributed by atoms with Crippen molar-refractivity contribution in [2.24, 2.45) is 0 Å². The Labute approximate surface area is 221 Å². The third-order valence-corrected chi connectivity index (χ3v) is 7.66. The number of phenols is 2. The van der Waals surface area contributed by atoms with E-state index in [1.165, 1.54) is 22.3 Å². The first-order chi connectivity index (χ1) is 16.8. The van der Waals surface area contributed by atoms with E-state index in [4.69, 9.17) is 9.47 Å². The standard InChI is InChI=1S/C29H24Br2O4/c1-34-23-9-17(7-21(32)13-23)15-29(16-18-8-22(33)14-24(10-18)35-2)27-11-19(30)3-5-25(27)26-6-4-20(31)12-28(26)29/h3-14,32-33H,15-16H2,1-2H3. The molecule has 2 N–H and O–H groups in total. The van der Waals surface area contributed by atoms with Gasteiger partial charge in [-0.25, -0.2) is 0 Å². The topological polar surface area (TPSA) is 58.9 Å². The highest BCUT2D eigenvalue weighted by molar-refractivity contribution is 9.10. The molecule has 0 saturated heterocycles. The molecule has 0 aliphatic heterocycles. The molecular formula is C29H24Br2O4. The summed E-state index contributed by atoms with van der Waals surface area (Å²) < 4.78 is 12.9. The van der Waals surface area contributed by atoms with Gasteiger partial charge in [-0.3, -0.25) is 0 Å². The molecule has 0 unspecified atom stereocenters. The number of rotatable bonds is 6. The first kappa shape index (κ1) is 23.8. The zero-order chi connectivity index (χ0) is 24.7. The maximum Gasteiger partial charge on any atom is 0.122 e. The van der Waals surface area contributed by atoms with Crippen LogP contribution in [0, 0.1) is 0 Å². The SMILES string of the molecule is COc1cc(O)cc(CC2(Cc3cc(O)cc(OC)c3)c3cc(Br)ccc3-c3ccc(Br)cc32)c1. The molecule has 4 aromatic rings. The lowest BCUT2D eigenvalue weighted by Gasteiger charge is -2.33. The van der Waals surface area contributed by atoms with Gasteiger partial charge in [-0.2, -0.15) is 0 Å². The van der Waals surface area contributed by atoms with Crippen molar-refractivity contribution in [3.63, 3.8) is 0 Å². The molecule has 0 heterocycles. The van der Waals surface area contributed by atoms with Gasteiger partial charge in [-0.05, 0) is 94.8 Å². The van der Waals surface area contributed by atoms with E-state index in [0.717, 1.165) is 20.1 Å². The molecular weight excluding hydrogens is 572 g/mol. The second kappa shape index (κ2) is 9.25. The Morgan fingerprint density at radius 2 is 1.06 bits per heavy atom. The maximum absolute atomic E-state index is 10.4. The number of ether oxygens (including phenoxy) is 2. The summed E-state index contributed by atoms with van der Waals surface area (Å²) in [4.78, 5) is 0. The lowest BCUT2D eigenvalue weighted by molar-refractivity contribution is 0.404. The van der Waals surface area contributed by atoms with Crippen LogP contribution >= 0.6 is 31.9 Å². The largest absolute Gasteiger partial charge is 0.508 e. The normalized spacial score (nSPS) is 13.3. The molecule has 0 amide bonds. The highest BCUT2D eigenvalue weighted by atomic mass is 79.9. The molecule has 0 radical (unpaired) electrons. The molecule has 6 heteroatoms. The molecule has 4 aromatic carbocycles. The molecule has 5 rings (SSSR count). The first-order valence-corrected chi connectivity index (χ1v) is 12.7. The summed E-state index contributed by atoms with van der Waals surface area (Å²) in [6.45, 7) is 0. The molecule has 4 nitrogen and oxygen atoms in total. The third kappa shape index (κ3) is 4.41. The van der Waals surface area contributed by atoms with Crippen molar-refractivity contribution in [2.75, 3.05) is 14.2 Å². The highest BCUT2D eigenvalue weighted by Crippen LogP contribution is 2.54. The summed E-state index contributed by atoms with van der Waals surface area (Å²) in [5.41, 5.74) is 6.15. The van der Waals surface area contributed by atoms with Crippen molar-refractivity contribution in [1.29, 1.82) is 0 Å². The Balaban J connectivity index is 1.78. The van der Waals surface area contributed by atoms with E-state index in [0.29, 0.717) is 24.3 Å². The zero-order valence-electron chi connectivity index (χ0n) is 19.3. The molecule has 0 bridgehead atoms. The van der Waals surface area contributed by atoms with Gasteiger partial charge in [0.05, 0.1) is 14.2 Å². The molecule has 0 spiro atoms. The fourth-order valence-electron chi connectivity index (χ4n) is 5.31. The third-order valence-electron chi connectivity index (χ3n) is 6.67. The van der Waals surface area contributed by atoms with Crippen LogP contribution in [0.1, 0.15) is 22.3 Å². The van der Waals surface area contributed by atoms with Crippen LogP contribution in [-0.4, -0.2) is 24.4 Å². The second-order valence-electron chi connectivity index (χ2n) is 8.89. The minimum atomic E-state index is -0.476. The van der Waals surface area contributed by atoms with Gasteiger partial charge in [-0.1, -0.05) is 44.0 Å². The summed E-state index contributed by atoms with van der Waals surface area (Å²) in [6.07, 6.45) is 1.23. The molecule has 1 aliphatic carbocycles. The number of hydrogen-bond donors (Lipinski definition) is 2. The van der Waals surface area contributed by atoms with Crippen LogP contribution in [0.5, 0.6) is 23.0 Å². The summed E-state index contributed by atoms with van der Waals surface area (Å²) in [5.74, 6) is 1.54. The Kier molecular flexibility index (Phi) is 6.28. The Hall–Kier alpha value is -2.96. The molecule has 1 aliphatic rings. The monoisotopic (exact) mass is 594 g/mol. The molecule has 178 valence electrons. The minimum Gasteiger partial charge on any atom is -0.508 e. The Bertz CT molecular complexity index is 1320. The summed E-state index contributed by atoms with van der Waals surface area (Å²) in [5, 5.41) is 20.8. The Morgan fingerprint density at radius 3 is 1.46 bits per heavy atom. The van der Waals surface area contributed by atoms with E-state index in [-0.39, 0.29) is 11.5 Å². The summed E-state index contributed by atoms with van der Waals surface area (Å²) in [6, 6.07) is 23.6. The van der Waals surface area contributed by atoms with Crippen LogP contribution in [0.4, 0.5) is 0 Å². The number of benzene rings is 4. The van der Waals surface area contributed by atoms with Gasteiger partial charge in [0.1, 0.15) is 23.0 Å². The number of methoxy groups -OCH3 is 2. The van der Waals surface area contributed by atoms with Gasteiger partial charge < -0.3 is 19.7 Å². The second-order valence-corrected chi connectivity index (χ2v) is 10.7. The Morgan fingerprint density at radius 1 is 0.629 bits per heavy atom. The number of fused-ring (bicyclic) bond motifs is 3. The fourth-order valence-corrected chi connectivity index (χ4v) is 6.03. The highest BCUT2D eigenvalue weighted by Gasteiger charge is 2.44. The van der Waals surface area contributed by atoms with Crippen molar-refractivity contribution in [1.82, 2.24) is 0 Å². The number of hydrogen-bond acceptors (Lipinski definition) is 4. The van der Waals surface area contributed by atoms with E-state index < -0.39 is 5.41 Å². The van der Waals surface area contributed by atoms with Gasteiger partial charge in [0.15, 0.2) is 0 Å². The molecule has 0 atom stereocenters. The van der Waals surface area contributed by atoms with Gasteiger partial charge in [0.2, 0.25) is 0 Å². The quantitative estimate of drug-likeness (QED) is 0.244. The lowest BCUT2D eigenvalue weighted by Crippen LogP contribution is -2.31. The predicted octanol–water partition coefficient (Wildman–Crippen LogP) is 7.39. The zero-order valence-corrected chi connectivity index (χ0v) is 22.5. The van der Waals surface area contributed by atoms with Crippen LogP contribution in [0.3, 0.4) is 0 Å². The van der Waals surface area contributed by atoms with Crippen molar-refractivity contribution in [3.05, 3.63) is 104 Å². The van der Waals surface area contributed by atoms with Crippen LogP contribution in [0.15, 0.2) is 81.7 Å². The lowest BCUT2D eigenvalue weighted by atomic mass is 9.69.